The molecule has 0 N–H and O–H groups in total. The van der Waals surface area contributed by atoms with Crippen LogP contribution in [-0.4, -0.2) is 25.8 Å². The highest BCUT2D eigenvalue weighted by Gasteiger charge is 2.26. The Balaban J connectivity index is 2.50. The lowest BCUT2D eigenvalue weighted by Gasteiger charge is -1.99. The summed E-state index contributed by atoms with van der Waals surface area (Å²) in [6.45, 7) is 0.819. The third-order valence-corrected chi connectivity index (χ3v) is 1.52. The summed E-state index contributed by atoms with van der Waals surface area (Å²) < 4.78 is 4.89. The van der Waals surface area contributed by atoms with E-state index in [2.05, 4.69) is 0 Å². The highest BCUT2D eigenvalue weighted by atomic mass is 16.5. The molecule has 0 aromatic carbocycles. The summed E-state index contributed by atoms with van der Waals surface area (Å²) in [5.41, 5.74) is 0. The van der Waals surface area contributed by atoms with Crippen molar-refractivity contribution in [2.45, 2.75) is 0 Å². The number of rotatable bonds is 2. The van der Waals surface area contributed by atoms with E-state index in [-0.39, 0.29) is 11.8 Å². The van der Waals surface area contributed by atoms with Gasteiger partial charge in [-0.15, -0.1) is 0 Å². The van der Waals surface area contributed by atoms with Crippen molar-refractivity contribution in [1.82, 2.24) is 0 Å². The van der Waals surface area contributed by atoms with E-state index in [4.69, 9.17) is 4.74 Å². The number of ether oxygens (including phenoxy) is 1. The van der Waals surface area contributed by atoms with Crippen LogP contribution >= 0.6 is 0 Å². The molecule has 0 aliphatic carbocycles. The molecule has 1 fully saturated rings. The lowest BCUT2D eigenvalue weighted by atomic mass is 10.00. The van der Waals surface area contributed by atoms with E-state index in [0.717, 1.165) is 12.6 Å². The van der Waals surface area contributed by atoms with Gasteiger partial charge in [-0.25, -0.2) is 0 Å². The predicted molar refractivity (Wildman–Crippen MR) is 29.9 cm³/mol. The fraction of sp³-hybridized carbons (Fsp3) is 0.667. The first kappa shape index (κ1) is 6.42. The minimum atomic E-state index is -0.192. The highest BCUT2D eigenvalue weighted by molar-refractivity contribution is 5.65. The van der Waals surface area contributed by atoms with E-state index in [1.807, 2.05) is 0 Å². The van der Waals surface area contributed by atoms with Crippen molar-refractivity contribution in [2.24, 2.45) is 11.8 Å². The Labute approximate surface area is 53.0 Å². The molecule has 2 unspecified atom stereocenters. The Morgan fingerprint density at radius 3 is 1.89 bits per heavy atom. The van der Waals surface area contributed by atoms with Crippen LogP contribution in [0, 0.1) is 11.8 Å². The van der Waals surface area contributed by atoms with Crippen molar-refractivity contribution in [3.63, 3.8) is 0 Å². The quantitative estimate of drug-likeness (QED) is 0.477. The highest BCUT2D eigenvalue weighted by Crippen LogP contribution is 2.15. The summed E-state index contributed by atoms with van der Waals surface area (Å²) in [5.74, 6) is -0.384. The summed E-state index contributed by atoms with van der Waals surface area (Å²) in [7, 11) is 0. The monoisotopic (exact) mass is 128 g/mol. The molecule has 1 saturated heterocycles. The lowest BCUT2D eigenvalue weighted by Crippen LogP contribution is -2.14. The van der Waals surface area contributed by atoms with Crippen LogP contribution in [0.2, 0.25) is 0 Å². The summed E-state index contributed by atoms with van der Waals surface area (Å²) in [5, 5.41) is 0. The maximum Gasteiger partial charge on any atom is 0.126 e. The van der Waals surface area contributed by atoms with Crippen LogP contribution in [0.1, 0.15) is 0 Å². The van der Waals surface area contributed by atoms with Crippen molar-refractivity contribution in [3.05, 3.63) is 0 Å². The number of carbonyl (C=O) groups is 2. The van der Waals surface area contributed by atoms with Crippen molar-refractivity contribution in [3.8, 4) is 0 Å². The fourth-order valence-electron chi connectivity index (χ4n) is 0.868. The van der Waals surface area contributed by atoms with Crippen molar-refractivity contribution < 1.29 is 14.3 Å². The molecule has 1 rings (SSSR count). The topological polar surface area (TPSA) is 43.4 Å². The largest absolute Gasteiger partial charge is 0.380 e. The minimum Gasteiger partial charge on any atom is -0.380 e. The molecule has 1 aliphatic rings. The third kappa shape index (κ3) is 1.16. The molecule has 0 saturated carbocycles. The van der Waals surface area contributed by atoms with E-state index < -0.39 is 0 Å². The zero-order chi connectivity index (χ0) is 6.69. The smallest absolute Gasteiger partial charge is 0.126 e. The third-order valence-electron chi connectivity index (χ3n) is 1.52. The van der Waals surface area contributed by atoms with E-state index in [9.17, 15) is 9.59 Å². The summed E-state index contributed by atoms with van der Waals surface area (Å²) in [6, 6.07) is 0. The molecule has 1 aliphatic heterocycles. The van der Waals surface area contributed by atoms with Crippen LogP contribution in [0.3, 0.4) is 0 Å². The van der Waals surface area contributed by atoms with Crippen LogP contribution in [0.4, 0.5) is 0 Å². The Kier molecular flexibility index (Phi) is 1.95. The second-order valence-corrected chi connectivity index (χ2v) is 2.14. The first-order valence-corrected chi connectivity index (χ1v) is 2.87. The van der Waals surface area contributed by atoms with Gasteiger partial charge in [0.25, 0.3) is 0 Å². The molecule has 0 amide bonds. The van der Waals surface area contributed by atoms with Gasteiger partial charge in [0.05, 0.1) is 13.2 Å². The SMILES string of the molecule is O=CC1COCC1C=O. The molecule has 3 nitrogen and oxygen atoms in total. The fourth-order valence-corrected chi connectivity index (χ4v) is 0.868. The van der Waals surface area contributed by atoms with Gasteiger partial charge in [0.1, 0.15) is 12.6 Å². The molecule has 2 atom stereocenters. The van der Waals surface area contributed by atoms with Crippen molar-refractivity contribution in [1.29, 1.82) is 0 Å². The molecule has 3 heteroatoms. The van der Waals surface area contributed by atoms with Gasteiger partial charge >= 0.3 is 0 Å². The maximum absolute atomic E-state index is 10.1. The summed E-state index contributed by atoms with van der Waals surface area (Å²) in [4.78, 5) is 20.3. The normalized spacial score (nSPS) is 34.2. The first-order valence-electron chi connectivity index (χ1n) is 2.87. The Morgan fingerprint density at radius 2 is 1.56 bits per heavy atom. The van der Waals surface area contributed by atoms with Gasteiger partial charge in [-0.1, -0.05) is 0 Å². The van der Waals surface area contributed by atoms with Crippen LogP contribution in [0.25, 0.3) is 0 Å². The molecule has 0 radical (unpaired) electrons. The zero-order valence-electron chi connectivity index (χ0n) is 4.95. The van der Waals surface area contributed by atoms with Gasteiger partial charge in [-0.3, -0.25) is 0 Å². The minimum absolute atomic E-state index is 0.192. The van der Waals surface area contributed by atoms with E-state index in [1.165, 1.54) is 0 Å². The molecule has 1 heterocycles. The van der Waals surface area contributed by atoms with Crippen LogP contribution in [0.5, 0.6) is 0 Å². The average molecular weight is 128 g/mol. The van der Waals surface area contributed by atoms with E-state index >= 15 is 0 Å². The molecular formula is C6H8O3. The molecule has 0 aromatic heterocycles. The average Bonchev–Trinajstić information content (AvgIpc) is 2.33. The van der Waals surface area contributed by atoms with Crippen LogP contribution in [-0.2, 0) is 14.3 Å². The van der Waals surface area contributed by atoms with Gasteiger partial charge in [0.2, 0.25) is 0 Å². The lowest BCUT2D eigenvalue weighted by molar-refractivity contribution is -0.117. The van der Waals surface area contributed by atoms with E-state index in [1.54, 1.807) is 0 Å². The van der Waals surface area contributed by atoms with Gasteiger partial charge in [0.15, 0.2) is 0 Å². The van der Waals surface area contributed by atoms with Gasteiger partial charge in [-0.05, 0) is 0 Å². The number of carbonyl (C=O) groups excluding carboxylic acids is 2. The Bertz CT molecular complexity index is 107. The predicted octanol–water partition coefficient (Wildman–Crippen LogP) is -0.353. The molecule has 50 valence electrons. The molecule has 9 heavy (non-hydrogen) atoms. The standard InChI is InChI=1S/C6H8O3/c7-1-5-3-9-4-6(5)2-8/h1-2,5-6H,3-4H2. The second-order valence-electron chi connectivity index (χ2n) is 2.14. The maximum atomic E-state index is 10.1. The van der Waals surface area contributed by atoms with Crippen LogP contribution < -0.4 is 0 Å². The number of hydrogen-bond acceptors (Lipinski definition) is 3. The first-order chi connectivity index (χ1) is 4.38. The van der Waals surface area contributed by atoms with Gasteiger partial charge < -0.3 is 14.3 Å². The summed E-state index contributed by atoms with van der Waals surface area (Å²) >= 11 is 0. The number of aldehydes is 2. The van der Waals surface area contributed by atoms with Crippen LogP contribution in [0.15, 0.2) is 0 Å². The Hall–Kier alpha value is -0.700. The number of hydrogen-bond donors (Lipinski definition) is 0. The van der Waals surface area contributed by atoms with Crippen molar-refractivity contribution in [2.75, 3.05) is 13.2 Å². The molecule has 0 bridgehead atoms. The molecule has 0 spiro atoms. The summed E-state index contributed by atoms with van der Waals surface area (Å²) in [6.07, 6.45) is 1.57. The van der Waals surface area contributed by atoms with E-state index in [0.29, 0.717) is 13.2 Å². The zero-order valence-corrected chi connectivity index (χ0v) is 4.95. The second kappa shape index (κ2) is 2.73. The van der Waals surface area contributed by atoms with Gasteiger partial charge in [-0.2, -0.15) is 0 Å². The molecule has 0 aromatic rings. The van der Waals surface area contributed by atoms with Crippen molar-refractivity contribution >= 4 is 12.6 Å². The Morgan fingerprint density at radius 1 is 1.11 bits per heavy atom. The molecular weight excluding hydrogens is 120 g/mol. The van der Waals surface area contributed by atoms with Gasteiger partial charge in [0, 0.05) is 11.8 Å².